The van der Waals surface area contributed by atoms with Crippen molar-refractivity contribution in [3.8, 4) is 0 Å². The number of carbonyl (C=O) groups is 2. The Bertz CT molecular complexity index is 825. The summed E-state index contributed by atoms with van der Waals surface area (Å²) in [4.78, 5) is 26.4. The average Bonchev–Trinajstić information content (AvgIpc) is 2.57. The molecule has 138 valence electrons. The lowest BCUT2D eigenvalue weighted by Gasteiger charge is -2.24. The van der Waals surface area contributed by atoms with Crippen molar-refractivity contribution in [3.05, 3.63) is 58.7 Å². The highest BCUT2D eigenvalue weighted by Gasteiger charge is 2.19. The fourth-order valence-corrected chi connectivity index (χ4v) is 3.06. The number of benzene rings is 2. The molecule has 0 heterocycles. The molecule has 0 radical (unpaired) electrons. The van der Waals surface area contributed by atoms with Crippen LogP contribution in [0.1, 0.15) is 48.9 Å². The molecule has 0 aliphatic heterocycles. The second kappa shape index (κ2) is 8.17. The maximum absolute atomic E-state index is 12.7. The van der Waals surface area contributed by atoms with Crippen LogP contribution < -0.4 is 10.2 Å². The first-order valence-corrected chi connectivity index (χ1v) is 8.96. The van der Waals surface area contributed by atoms with Crippen molar-refractivity contribution in [1.29, 1.82) is 0 Å². The Morgan fingerprint density at radius 3 is 2.23 bits per heavy atom. The van der Waals surface area contributed by atoms with Crippen molar-refractivity contribution in [2.45, 2.75) is 47.5 Å². The van der Waals surface area contributed by atoms with Crippen molar-refractivity contribution in [3.63, 3.8) is 0 Å². The van der Waals surface area contributed by atoms with Crippen molar-refractivity contribution >= 4 is 23.2 Å². The predicted molar refractivity (Wildman–Crippen MR) is 108 cm³/mol. The van der Waals surface area contributed by atoms with Gasteiger partial charge in [0.1, 0.15) is 6.54 Å². The molecule has 0 spiro atoms. The van der Waals surface area contributed by atoms with E-state index in [1.807, 2.05) is 57.2 Å². The van der Waals surface area contributed by atoms with E-state index in [1.165, 1.54) is 11.8 Å². The predicted octanol–water partition coefficient (Wildman–Crippen LogP) is 4.73. The largest absolute Gasteiger partial charge is 0.324 e. The smallest absolute Gasteiger partial charge is 0.244 e. The number of aryl methyl sites for hydroxylation is 2. The maximum Gasteiger partial charge on any atom is 0.244 e. The minimum atomic E-state index is -0.197. The standard InChI is InChI=1S/C22H28N2O2/c1-14(2)19-11-7-10-16(4)22(19)23-21(26)13-24(18(6)25)20-12-8-9-15(3)17(20)5/h7-12,14H,13H2,1-6H3,(H,23,26). The van der Waals surface area contributed by atoms with E-state index in [2.05, 4.69) is 19.2 Å². The molecule has 2 aromatic rings. The molecule has 0 saturated heterocycles. The van der Waals surface area contributed by atoms with Gasteiger partial charge in [0.25, 0.3) is 0 Å². The zero-order valence-electron chi connectivity index (χ0n) is 16.5. The summed E-state index contributed by atoms with van der Waals surface area (Å²) in [7, 11) is 0. The lowest BCUT2D eigenvalue weighted by atomic mass is 9.98. The van der Waals surface area contributed by atoms with Crippen molar-refractivity contribution in [2.75, 3.05) is 16.8 Å². The number of anilines is 2. The molecule has 26 heavy (non-hydrogen) atoms. The van der Waals surface area contributed by atoms with E-state index >= 15 is 0 Å². The highest BCUT2D eigenvalue weighted by molar-refractivity contribution is 6.02. The summed E-state index contributed by atoms with van der Waals surface area (Å²) in [6, 6.07) is 11.8. The lowest BCUT2D eigenvalue weighted by molar-refractivity contribution is -0.120. The van der Waals surface area contributed by atoms with Crippen LogP contribution >= 0.6 is 0 Å². The van der Waals surface area contributed by atoms with Crippen LogP contribution in [0.25, 0.3) is 0 Å². The zero-order chi connectivity index (χ0) is 19.4. The van der Waals surface area contributed by atoms with Crippen molar-refractivity contribution < 1.29 is 9.59 Å². The normalized spacial score (nSPS) is 10.7. The van der Waals surface area contributed by atoms with Crippen LogP contribution in [0.4, 0.5) is 11.4 Å². The number of nitrogens with one attached hydrogen (secondary N) is 1. The molecule has 0 aliphatic carbocycles. The Labute approximate surface area is 156 Å². The summed E-state index contributed by atoms with van der Waals surface area (Å²) in [5, 5.41) is 3.02. The van der Waals surface area contributed by atoms with Gasteiger partial charge in [-0.3, -0.25) is 9.59 Å². The average molecular weight is 352 g/mol. The molecule has 0 bridgehead atoms. The Hall–Kier alpha value is -2.62. The van der Waals surface area contributed by atoms with Gasteiger partial charge in [0, 0.05) is 18.3 Å². The quantitative estimate of drug-likeness (QED) is 0.846. The van der Waals surface area contributed by atoms with Gasteiger partial charge in [-0.15, -0.1) is 0 Å². The topological polar surface area (TPSA) is 49.4 Å². The number of hydrogen-bond acceptors (Lipinski definition) is 2. The molecule has 0 unspecified atom stereocenters. The van der Waals surface area contributed by atoms with Crippen LogP contribution in [0.5, 0.6) is 0 Å². The van der Waals surface area contributed by atoms with Gasteiger partial charge in [-0.2, -0.15) is 0 Å². The molecule has 0 aromatic heterocycles. The van der Waals surface area contributed by atoms with Crippen LogP contribution in [0.3, 0.4) is 0 Å². The van der Waals surface area contributed by atoms with Gasteiger partial charge >= 0.3 is 0 Å². The molecule has 2 rings (SSSR count). The maximum atomic E-state index is 12.7. The summed E-state index contributed by atoms with van der Waals surface area (Å²) in [5.74, 6) is -0.0480. The number of amides is 2. The number of rotatable bonds is 5. The van der Waals surface area contributed by atoms with E-state index < -0.39 is 0 Å². The van der Waals surface area contributed by atoms with Crippen LogP contribution in [0.2, 0.25) is 0 Å². The fourth-order valence-electron chi connectivity index (χ4n) is 3.06. The van der Waals surface area contributed by atoms with Gasteiger partial charge in [0.15, 0.2) is 0 Å². The minimum absolute atomic E-state index is 0.00844. The van der Waals surface area contributed by atoms with Gasteiger partial charge in [-0.05, 0) is 55.0 Å². The molecule has 4 heteroatoms. The van der Waals surface area contributed by atoms with Gasteiger partial charge in [-0.25, -0.2) is 0 Å². The van der Waals surface area contributed by atoms with E-state index in [1.54, 1.807) is 0 Å². The Balaban J connectivity index is 2.28. The number of carbonyl (C=O) groups excluding carboxylic acids is 2. The van der Waals surface area contributed by atoms with Crippen LogP contribution in [0.15, 0.2) is 36.4 Å². The number of para-hydroxylation sites is 1. The second-order valence-electron chi connectivity index (χ2n) is 7.07. The molecule has 2 amide bonds. The SMILES string of the molecule is CC(=O)N(CC(=O)Nc1c(C)cccc1C(C)C)c1cccc(C)c1C. The van der Waals surface area contributed by atoms with Crippen LogP contribution in [-0.4, -0.2) is 18.4 Å². The van der Waals surface area contributed by atoms with E-state index in [0.717, 1.165) is 33.6 Å². The molecule has 1 N–H and O–H groups in total. The molecular formula is C22H28N2O2. The van der Waals surface area contributed by atoms with Gasteiger partial charge in [-0.1, -0.05) is 44.2 Å². The van der Waals surface area contributed by atoms with Gasteiger partial charge < -0.3 is 10.2 Å². The summed E-state index contributed by atoms with van der Waals surface area (Å²) in [5.41, 5.74) is 5.84. The lowest BCUT2D eigenvalue weighted by Crippen LogP contribution is -2.37. The summed E-state index contributed by atoms with van der Waals surface area (Å²) < 4.78 is 0. The molecule has 0 fully saturated rings. The van der Waals surface area contributed by atoms with E-state index in [9.17, 15) is 9.59 Å². The van der Waals surface area contributed by atoms with E-state index in [4.69, 9.17) is 0 Å². The Kier molecular flexibility index (Phi) is 6.19. The Morgan fingerprint density at radius 1 is 1.00 bits per heavy atom. The molecule has 0 atom stereocenters. The van der Waals surface area contributed by atoms with E-state index in [-0.39, 0.29) is 18.4 Å². The highest BCUT2D eigenvalue weighted by atomic mass is 16.2. The van der Waals surface area contributed by atoms with Gasteiger partial charge in [0.05, 0.1) is 0 Å². The molecule has 0 aliphatic rings. The van der Waals surface area contributed by atoms with Crippen molar-refractivity contribution in [1.82, 2.24) is 0 Å². The first-order valence-electron chi connectivity index (χ1n) is 8.96. The molecule has 4 nitrogen and oxygen atoms in total. The zero-order valence-corrected chi connectivity index (χ0v) is 16.5. The fraction of sp³-hybridized carbons (Fsp3) is 0.364. The number of hydrogen-bond donors (Lipinski definition) is 1. The first kappa shape index (κ1) is 19.7. The molecular weight excluding hydrogens is 324 g/mol. The van der Waals surface area contributed by atoms with Crippen LogP contribution in [0, 0.1) is 20.8 Å². The minimum Gasteiger partial charge on any atom is -0.324 e. The second-order valence-corrected chi connectivity index (χ2v) is 7.07. The Morgan fingerprint density at radius 2 is 1.62 bits per heavy atom. The van der Waals surface area contributed by atoms with Crippen LogP contribution in [-0.2, 0) is 9.59 Å². The molecule has 2 aromatic carbocycles. The monoisotopic (exact) mass is 352 g/mol. The summed E-state index contributed by atoms with van der Waals surface area (Å²) in [6.07, 6.45) is 0. The van der Waals surface area contributed by atoms with Crippen molar-refractivity contribution in [2.24, 2.45) is 0 Å². The molecule has 0 saturated carbocycles. The summed E-state index contributed by atoms with van der Waals surface area (Å²) >= 11 is 0. The number of nitrogens with zero attached hydrogens (tertiary/aromatic N) is 1. The third-order valence-corrected chi connectivity index (χ3v) is 4.74. The third-order valence-electron chi connectivity index (χ3n) is 4.74. The van der Waals surface area contributed by atoms with E-state index in [0.29, 0.717) is 5.92 Å². The first-order chi connectivity index (χ1) is 12.2. The van der Waals surface area contributed by atoms with Gasteiger partial charge in [0.2, 0.25) is 11.8 Å². The third kappa shape index (κ3) is 4.31. The highest BCUT2D eigenvalue weighted by Crippen LogP contribution is 2.28. The summed E-state index contributed by atoms with van der Waals surface area (Å²) in [6.45, 7) is 11.6.